The number of nitrogen functional groups attached to an aromatic ring is 1. The first-order valence-corrected chi connectivity index (χ1v) is 11.9. The summed E-state index contributed by atoms with van der Waals surface area (Å²) in [4.78, 5) is 10.7. The summed E-state index contributed by atoms with van der Waals surface area (Å²) in [5, 5.41) is 29.6. The average Bonchev–Trinajstić information content (AvgIpc) is 2.83. The molecule has 0 spiro atoms. The SMILES string of the molecule is CC(=O)Nc1ccc(N=Nc2cc(S(=O)(=O)O)c3ccc(N=Nc4ccccc4)c(O)c3c2N)cc1.[Na]. The number of nitrogens with two attached hydrogens (primary N) is 1. The molecule has 5 N–H and O–H groups in total. The van der Waals surface area contributed by atoms with E-state index >= 15 is 0 Å². The summed E-state index contributed by atoms with van der Waals surface area (Å²) in [5.74, 6) is -0.667. The molecule has 0 unspecified atom stereocenters. The summed E-state index contributed by atoms with van der Waals surface area (Å²) in [6.45, 7) is 1.38. The Morgan fingerprint density at radius 3 is 2.05 bits per heavy atom. The maximum atomic E-state index is 12.1. The van der Waals surface area contributed by atoms with Crippen LogP contribution in [0, 0.1) is 0 Å². The Labute approximate surface area is 234 Å². The number of amides is 1. The molecule has 0 fully saturated rings. The van der Waals surface area contributed by atoms with Gasteiger partial charge in [0.15, 0.2) is 5.75 Å². The first kappa shape index (κ1) is 27.9. The predicted molar refractivity (Wildman–Crippen MR) is 141 cm³/mol. The monoisotopic (exact) mass is 527 g/mol. The normalized spacial score (nSPS) is 11.6. The molecule has 0 aliphatic heterocycles. The van der Waals surface area contributed by atoms with Gasteiger partial charge < -0.3 is 16.2 Å². The third-order valence-electron chi connectivity index (χ3n) is 5.00. The number of phenols is 1. The summed E-state index contributed by atoms with van der Waals surface area (Å²) >= 11 is 0. The van der Waals surface area contributed by atoms with Gasteiger partial charge in [-0.25, -0.2) is 0 Å². The van der Waals surface area contributed by atoms with E-state index in [0.717, 1.165) is 6.07 Å². The summed E-state index contributed by atoms with van der Waals surface area (Å²) < 4.78 is 34.0. The van der Waals surface area contributed by atoms with Gasteiger partial charge in [0.2, 0.25) is 5.91 Å². The van der Waals surface area contributed by atoms with Crippen LogP contribution in [0.2, 0.25) is 0 Å². The number of phenolic OH excluding ortho intramolecular Hbond substituents is 1. The number of anilines is 2. The molecule has 0 heterocycles. The van der Waals surface area contributed by atoms with E-state index in [1.165, 1.54) is 19.1 Å². The van der Waals surface area contributed by atoms with Crippen LogP contribution < -0.4 is 11.1 Å². The minimum absolute atomic E-state index is 0. The topological polar surface area (TPSA) is 179 Å². The Hall–Kier alpha value is -3.68. The van der Waals surface area contributed by atoms with Gasteiger partial charge in [-0.05, 0) is 48.5 Å². The van der Waals surface area contributed by atoms with E-state index in [0.29, 0.717) is 17.1 Å². The number of fused-ring (bicyclic) bond motifs is 1. The molecule has 4 aromatic carbocycles. The zero-order valence-corrected chi connectivity index (χ0v) is 22.6. The number of rotatable bonds is 6. The summed E-state index contributed by atoms with van der Waals surface area (Å²) in [6, 6.07) is 18.9. The molecule has 0 atom stereocenters. The zero-order valence-electron chi connectivity index (χ0n) is 19.8. The van der Waals surface area contributed by atoms with Crippen LogP contribution in [0.3, 0.4) is 0 Å². The largest absolute Gasteiger partial charge is 0.505 e. The molecule has 0 saturated heterocycles. The van der Waals surface area contributed by atoms with Crippen LogP contribution in [0.15, 0.2) is 98.1 Å². The Bertz CT molecular complexity index is 1630. The van der Waals surface area contributed by atoms with Crippen molar-refractivity contribution in [1.29, 1.82) is 0 Å². The van der Waals surface area contributed by atoms with Gasteiger partial charge in [0, 0.05) is 47.6 Å². The zero-order chi connectivity index (χ0) is 25.9. The molecule has 1 amide bonds. The Balaban J connectivity index is 0.00000380. The van der Waals surface area contributed by atoms with Gasteiger partial charge in [0.05, 0.1) is 22.4 Å². The van der Waals surface area contributed by atoms with Crippen LogP contribution in [-0.2, 0) is 14.9 Å². The van der Waals surface area contributed by atoms with Crippen molar-refractivity contribution in [2.45, 2.75) is 11.8 Å². The van der Waals surface area contributed by atoms with Crippen LogP contribution >= 0.6 is 0 Å². The van der Waals surface area contributed by atoms with E-state index in [1.807, 2.05) is 6.07 Å². The van der Waals surface area contributed by atoms with Crippen molar-refractivity contribution < 1.29 is 22.9 Å². The van der Waals surface area contributed by atoms with Gasteiger partial charge in [-0.15, -0.1) is 10.2 Å². The number of hydrogen-bond donors (Lipinski definition) is 4. The molecule has 0 aromatic heterocycles. The minimum atomic E-state index is -4.72. The van der Waals surface area contributed by atoms with Gasteiger partial charge in [-0.1, -0.05) is 24.3 Å². The number of nitrogens with zero attached hydrogens (tertiary/aromatic N) is 4. The molecule has 4 aromatic rings. The van der Waals surface area contributed by atoms with Crippen LogP contribution in [0.25, 0.3) is 10.8 Å². The van der Waals surface area contributed by atoms with E-state index in [4.69, 9.17) is 5.73 Å². The summed E-state index contributed by atoms with van der Waals surface area (Å²) in [7, 11) is -4.72. The minimum Gasteiger partial charge on any atom is -0.505 e. The number of carbonyl (C=O) groups excluding carboxylic acids is 1. The van der Waals surface area contributed by atoms with Crippen molar-refractivity contribution in [3.63, 3.8) is 0 Å². The van der Waals surface area contributed by atoms with E-state index in [1.54, 1.807) is 48.5 Å². The average molecular weight is 528 g/mol. The standard InChI is InChI=1S/C24H20N6O5S.Na/c1-14(31)26-15-7-9-17(10-8-15)28-30-20-13-21(36(33,34)35)18-11-12-19(24(32)22(18)23(20)25)29-27-16-5-3-2-4-6-16;/h2-13,32H,25H2,1H3,(H,26,31)(H,33,34,35);. The van der Waals surface area contributed by atoms with Crippen molar-refractivity contribution >= 4 is 90.5 Å². The van der Waals surface area contributed by atoms with Crippen molar-refractivity contribution in [2.24, 2.45) is 20.5 Å². The third-order valence-corrected chi connectivity index (χ3v) is 5.90. The van der Waals surface area contributed by atoms with Crippen molar-refractivity contribution in [1.82, 2.24) is 0 Å². The molecule has 0 aliphatic carbocycles. The van der Waals surface area contributed by atoms with Gasteiger partial charge in [0.1, 0.15) is 16.3 Å². The number of aromatic hydroxyl groups is 1. The molecule has 0 saturated carbocycles. The molecule has 11 nitrogen and oxygen atoms in total. The van der Waals surface area contributed by atoms with Crippen molar-refractivity contribution in [3.05, 3.63) is 72.8 Å². The molecule has 13 heteroatoms. The fourth-order valence-electron chi connectivity index (χ4n) is 3.38. The molecule has 0 bridgehead atoms. The van der Waals surface area contributed by atoms with Crippen molar-refractivity contribution in [3.8, 4) is 5.75 Å². The molecule has 1 radical (unpaired) electrons. The second kappa shape index (κ2) is 11.6. The van der Waals surface area contributed by atoms with Gasteiger partial charge in [0.25, 0.3) is 10.1 Å². The quantitative estimate of drug-likeness (QED) is 0.107. The Morgan fingerprint density at radius 1 is 0.865 bits per heavy atom. The maximum absolute atomic E-state index is 12.1. The molecule has 37 heavy (non-hydrogen) atoms. The van der Waals surface area contributed by atoms with Crippen LogP contribution in [0.1, 0.15) is 6.92 Å². The number of benzene rings is 4. The second-order valence-electron chi connectivity index (χ2n) is 7.60. The fourth-order valence-corrected chi connectivity index (χ4v) is 4.08. The van der Waals surface area contributed by atoms with Crippen LogP contribution in [0.4, 0.5) is 34.1 Å². The predicted octanol–water partition coefficient (Wildman–Crippen LogP) is 5.78. The van der Waals surface area contributed by atoms with Gasteiger partial charge in [-0.2, -0.15) is 18.6 Å². The summed E-state index contributed by atoms with van der Waals surface area (Å²) in [6.07, 6.45) is 0. The van der Waals surface area contributed by atoms with Gasteiger partial charge in [-0.3, -0.25) is 9.35 Å². The number of nitrogens with one attached hydrogen (secondary N) is 1. The number of azo groups is 2. The Morgan fingerprint density at radius 2 is 1.46 bits per heavy atom. The van der Waals surface area contributed by atoms with E-state index in [9.17, 15) is 22.9 Å². The third kappa shape index (κ3) is 6.56. The molecular formula is C24H20N6NaO5S. The Kier molecular flexibility index (Phi) is 8.73. The van der Waals surface area contributed by atoms with E-state index in [2.05, 4.69) is 25.8 Å². The van der Waals surface area contributed by atoms with E-state index < -0.39 is 20.8 Å². The molecule has 183 valence electrons. The van der Waals surface area contributed by atoms with Crippen LogP contribution in [-0.4, -0.2) is 53.5 Å². The number of carbonyl (C=O) groups is 1. The first-order valence-electron chi connectivity index (χ1n) is 10.5. The second-order valence-corrected chi connectivity index (χ2v) is 8.99. The molecular weight excluding hydrogens is 507 g/mol. The smallest absolute Gasteiger partial charge is 0.295 e. The van der Waals surface area contributed by atoms with Crippen molar-refractivity contribution in [2.75, 3.05) is 11.1 Å². The number of hydrogen-bond acceptors (Lipinski definition) is 9. The molecule has 4 rings (SSSR count). The summed E-state index contributed by atoms with van der Waals surface area (Å²) in [5.41, 5.74) is 7.57. The van der Waals surface area contributed by atoms with E-state index in [-0.39, 0.29) is 63.3 Å². The molecule has 0 aliphatic rings. The first-order chi connectivity index (χ1) is 17.1. The van der Waals surface area contributed by atoms with Gasteiger partial charge >= 0.3 is 0 Å². The van der Waals surface area contributed by atoms with Crippen LogP contribution in [0.5, 0.6) is 5.75 Å². The maximum Gasteiger partial charge on any atom is 0.295 e. The fraction of sp³-hybridized carbons (Fsp3) is 0.0417.